The summed E-state index contributed by atoms with van der Waals surface area (Å²) < 4.78 is 1.68. The molecule has 1 aromatic heterocycles. The van der Waals surface area contributed by atoms with Crippen LogP contribution < -0.4 is 5.73 Å². The lowest BCUT2D eigenvalue weighted by Crippen LogP contribution is -2.10. The van der Waals surface area contributed by atoms with Gasteiger partial charge in [-0.05, 0) is 10.4 Å². The Labute approximate surface area is 80.4 Å². The van der Waals surface area contributed by atoms with Gasteiger partial charge in [-0.15, -0.1) is 5.10 Å². The highest BCUT2D eigenvalue weighted by atomic mass is 32.2. The SMILES string of the molecule is N=C(N)CCSCCn1cnnn1. The van der Waals surface area contributed by atoms with Crippen LogP contribution in [0.2, 0.25) is 0 Å². The summed E-state index contributed by atoms with van der Waals surface area (Å²) in [7, 11) is 0. The maximum Gasteiger partial charge on any atom is 0.138 e. The van der Waals surface area contributed by atoms with Crippen LogP contribution in [0.5, 0.6) is 0 Å². The molecule has 0 radical (unpaired) electrons. The zero-order chi connectivity index (χ0) is 9.52. The van der Waals surface area contributed by atoms with Gasteiger partial charge >= 0.3 is 0 Å². The van der Waals surface area contributed by atoms with E-state index < -0.39 is 0 Å². The number of nitrogens with two attached hydrogens (primary N) is 1. The minimum absolute atomic E-state index is 0.245. The lowest BCUT2D eigenvalue weighted by atomic mass is 10.5. The first kappa shape index (κ1) is 9.97. The number of aryl methyl sites for hydroxylation is 1. The topological polar surface area (TPSA) is 93.5 Å². The number of nitrogens with zero attached hydrogens (tertiary/aromatic N) is 4. The normalized spacial score (nSPS) is 10.2. The van der Waals surface area contributed by atoms with Crippen molar-refractivity contribution in [1.82, 2.24) is 20.2 Å². The molecule has 0 bridgehead atoms. The van der Waals surface area contributed by atoms with E-state index in [1.807, 2.05) is 0 Å². The van der Waals surface area contributed by atoms with E-state index in [0.717, 1.165) is 18.1 Å². The molecule has 3 N–H and O–H groups in total. The quantitative estimate of drug-likeness (QED) is 0.374. The number of tetrazole rings is 1. The van der Waals surface area contributed by atoms with Gasteiger partial charge in [-0.25, -0.2) is 4.68 Å². The van der Waals surface area contributed by atoms with Crippen molar-refractivity contribution in [1.29, 1.82) is 5.41 Å². The van der Waals surface area contributed by atoms with Crippen molar-refractivity contribution in [2.45, 2.75) is 13.0 Å². The maximum absolute atomic E-state index is 7.00. The number of hydrogen-bond donors (Lipinski definition) is 2. The largest absolute Gasteiger partial charge is 0.388 e. The van der Waals surface area contributed by atoms with Crippen molar-refractivity contribution in [3.63, 3.8) is 0 Å². The number of amidine groups is 1. The Balaban J connectivity index is 1.99. The Morgan fingerprint density at radius 3 is 3.00 bits per heavy atom. The van der Waals surface area contributed by atoms with E-state index in [1.165, 1.54) is 0 Å². The molecule has 0 unspecified atom stereocenters. The van der Waals surface area contributed by atoms with E-state index in [4.69, 9.17) is 11.1 Å². The molecule has 0 aliphatic rings. The average Bonchev–Trinajstić information content (AvgIpc) is 2.55. The van der Waals surface area contributed by atoms with E-state index in [-0.39, 0.29) is 5.84 Å². The number of hydrogen-bond acceptors (Lipinski definition) is 5. The van der Waals surface area contributed by atoms with Gasteiger partial charge in [0.15, 0.2) is 0 Å². The number of thioether (sulfide) groups is 1. The Hall–Kier alpha value is -1.11. The molecule has 0 saturated carbocycles. The van der Waals surface area contributed by atoms with Crippen molar-refractivity contribution in [2.24, 2.45) is 5.73 Å². The zero-order valence-corrected chi connectivity index (χ0v) is 8.00. The first-order chi connectivity index (χ1) is 6.29. The number of aromatic nitrogens is 4. The van der Waals surface area contributed by atoms with Crippen molar-refractivity contribution >= 4 is 17.6 Å². The van der Waals surface area contributed by atoms with Gasteiger partial charge in [0.05, 0.1) is 12.4 Å². The summed E-state index contributed by atoms with van der Waals surface area (Å²) in [5.41, 5.74) is 5.20. The van der Waals surface area contributed by atoms with Crippen LogP contribution in [0.25, 0.3) is 0 Å². The minimum Gasteiger partial charge on any atom is -0.388 e. The smallest absolute Gasteiger partial charge is 0.138 e. The van der Waals surface area contributed by atoms with E-state index in [1.54, 1.807) is 22.8 Å². The Morgan fingerprint density at radius 1 is 1.54 bits per heavy atom. The second kappa shape index (κ2) is 5.52. The van der Waals surface area contributed by atoms with Crippen LogP contribution in [0.4, 0.5) is 0 Å². The molecule has 1 aromatic rings. The first-order valence-corrected chi connectivity index (χ1v) is 5.06. The monoisotopic (exact) mass is 200 g/mol. The Kier molecular flexibility index (Phi) is 4.24. The van der Waals surface area contributed by atoms with Crippen molar-refractivity contribution < 1.29 is 0 Å². The van der Waals surface area contributed by atoms with Crippen LogP contribution in [-0.2, 0) is 6.54 Å². The van der Waals surface area contributed by atoms with E-state index >= 15 is 0 Å². The molecule has 1 rings (SSSR count). The second-order valence-electron chi connectivity index (χ2n) is 2.46. The lowest BCUT2D eigenvalue weighted by molar-refractivity contribution is 0.631. The van der Waals surface area contributed by atoms with Crippen LogP contribution in [-0.4, -0.2) is 37.5 Å². The highest BCUT2D eigenvalue weighted by Crippen LogP contribution is 2.02. The molecule has 13 heavy (non-hydrogen) atoms. The molecule has 0 aliphatic heterocycles. The summed E-state index contributed by atoms with van der Waals surface area (Å²) in [6, 6.07) is 0. The summed E-state index contributed by atoms with van der Waals surface area (Å²) in [6.07, 6.45) is 2.24. The van der Waals surface area contributed by atoms with Crippen molar-refractivity contribution in [2.75, 3.05) is 11.5 Å². The van der Waals surface area contributed by atoms with Crippen LogP contribution in [0.15, 0.2) is 6.33 Å². The van der Waals surface area contributed by atoms with E-state index in [9.17, 15) is 0 Å². The van der Waals surface area contributed by atoms with Gasteiger partial charge in [-0.2, -0.15) is 11.8 Å². The Bertz CT molecular complexity index is 246. The van der Waals surface area contributed by atoms with Crippen molar-refractivity contribution in [3.8, 4) is 0 Å². The summed E-state index contributed by atoms with van der Waals surface area (Å²) >= 11 is 1.74. The molecule has 0 aromatic carbocycles. The van der Waals surface area contributed by atoms with Gasteiger partial charge in [-0.1, -0.05) is 0 Å². The first-order valence-electron chi connectivity index (χ1n) is 3.90. The molecule has 0 amide bonds. The van der Waals surface area contributed by atoms with Gasteiger partial charge in [-0.3, -0.25) is 5.41 Å². The number of nitrogens with one attached hydrogen (secondary N) is 1. The summed E-state index contributed by atoms with van der Waals surface area (Å²) in [6.45, 7) is 0.801. The van der Waals surface area contributed by atoms with E-state index in [0.29, 0.717) is 6.42 Å². The van der Waals surface area contributed by atoms with Gasteiger partial charge in [0.2, 0.25) is 0 Å². The molecule has 0 atom stereocenters. The van der Waals surface area contributed by atoms with Gasteiger partial charge in [0.25, 0.3) is 0 Å². The fourth-order valence-corrected chi connectivity index (χ4v) is 1.61. The summed E-state index contributed by atoms with van der Waals surface area (Å²) in [5, 5.41) is 17.8. The fraction of sp³-hybridized carbons (Fsp3) is 0.667. The van der Waals surface area contributed by atoms with E-state index in [2.05, 4.69) is 15.5 Å². The molecule has 72 valence electrons. The van der Waals surface area contributed by atoms with Crippen LogP contribution in [0.3, 0.4) is 0 Å². The van der Waals surface area contributed by atoms with Crippen LogP contribution >= 0.6 is 11.8 Å². The molecular weight excluding hydrogens is 188 g/mol. The van der Waals surface area contributed by atoms with Gasteiger partial charge in [0.1, 0.15) is 6.33 Å². The number of rotatable bonds is 6. The Morgan fingerprint density at radius 2 is 2.38 bits per heavy atom. The molecule has 0 fully saturated rings. The molecule has 1 heterocycles. The third kappa shape index (κ3) is 4.46. The molecule has 7 heteroatoms. The molecular formula is C6H12N6S. The average molecular weight is 200 g/mol. The van der Waals surface area contributed by atoms with Gasteiger partial charge < -0.3 is 5.73 Å². The highest BCUT2D eigenvalue weighted by molar-refractivity contribution is 7.99. The second-order valence-corrected chi connectivity index (χ2v) is 3.69. The minimum atomic E-state index is 0.245. The van der Waals surface area contributed by atoms with Crippen LogP contribution in [0, 0.1) is 5.41 Å². The molecule has 0 spiro atoms. The fourth-order valence-electron chi connectivity index (χ4n) is 0.725. The summed E-state index contributed by atoms with van der Waals surface area (Å²) in [4.78, 5) is 0. The lowest BCUT2D eigenvalue weighted by Gasteiger charge is -1.99. The molecule has 6 nitrogen and oxygen atoms in total. The highest BCUT2D eigenvalue weighted by Gasteiger charge is 1.94. The third-order valence-electron chi connectivity index (χ3n) is 1.37. The predicted octanol–water partition coefficient (Wildman–Crippen LogP) is -0.268. The van der Waals surface area contributed by atoms with Crippen molar-refractivity contribution in [3.05, 3.63) is 6.33 Å². The molecule has 0 aliphatic carbocycles. The predicted molar refractivity (Wildman–Crippen MR) is 51.7 cm³/mol. The van der Waals surface area contributed by atoms with Gasteiger partial charge in [0, 0.05) is 17.9 Å². The molecule has 0 saturated heterocycles. The third-order valence-corrected chi connectivity index (χ3v) is 2.34. The maximum atomic E-state index is 7.00. The zero-order valence-electron chi connectivity index (χ0n) is 7.18. The standard InChI is InChI=1S/C6H12N6S/c7-6(8)1-3-13-4-2-12-5-9-10-11-12/h5H,1-4H2,(H3,7,8). The van der Waals surface area contributed by atoms with Crippen LogP contribution in [0.1, 0.15) is 6.42 Å². The summed E-state index contributed by atoms with van der Waals surface area (Å²) in [5.74, 6) is 2.07.